The summed E-state index contributed by atoms with van der Waals surface area (Å²) in [5.74, 6) is -5.76. The van der Waals surface area contributed by atoms with Crippen molar-refractivity contribution in [2.45, 2.75) is 12.4 Å². The van der Waals surface area contributed by atoms with Crippen LogP contribution >= 0.6 is 0 Å². The van der Waals surface area contributed by atoms with Gasteiger partial charge in [0.05, 0.1) is 0 Å². The van der Waals surface area contributed by atoms with Crippen molar-refractivity contribution in [3.05, 3.63) is 49.0 Å². The van der Waals surface area contributed by atoms with Crippen LogP contribution in [0.3, 0.4) is 0 Å². The Morgan fingerprint density at radius 3 is 1.78 bits per heavy atom. The molecule has 1 heterocycles. The second-order valence-corrected chi connectivity index (χ2v) is 4.53. The molecule has 0 radical (unpaired) electrons. The van der Waals surface area contributed by atoms with Crippen molar-refractivity contribution in [1.82, 2.24) is 0 Å². The molecular weight excluding hydrogens is 485 g/mol. The summed E-state index contributed by atoms with van der Waals surface area (Å²) in [5.41, 5.74) is 2.26. The Hall–Kier alpha value is -2.06. The van der Waals surface area contributed by atoms with Crippen molar-refractivity contribution in [1.29, 1.82) is 0 Å². The normalized spacial score (nSPS) is 10.5. The van der Waals surface area contributed by atoms with E-state index in [-0.39, 0.29) is 27.3 Å². The first-order valence-electron chi connectivity index (χ1n) is 6.46. The maximum atomic E-state index is 10.6. The van der Waals surface area contributed by atoms with Gasteiger partial charge in [-0.1, -0.05) is 12.1 Å². The third-order valence-corrected chi connectivity index (χ3v) is 2.66. The molecule has 2 aromatic rings. The zero-order chi connectivity index (χ0) is 20.7. The topological polar surface area (TPSA) is 81.3 Å². The number of carbonyl (C=O) groups is 2. The molecule has 0 bridgehead atoms. The number of hydrogen-bond acceptors (Lipinski definition) is 3. The van der Waals surface area contributed by atoms with Crippen LogP contribution in [0.5, 0.6) is 0 Å². The number of aliphatic carboxylic acids is 2. The van der Waals surface area contributed by atoms with Crippen LogP contribution in [0.25, 0.3) is 10.9 Å². The van der Waals surface area contributed by atoms with E-state index in [4.69, 9.17) is 19.8 Å². The minimum absolute atomic E-state index is 0. The third kappa shape index (κ3) is 10.0. The van der Waals surface area contributed by atoms with Gasteiger partial charge in [0.2, 0.25) is 5.52 Å². The van der Waals surface area contributed by atoms with E-state index >= 15 is 0 Å². The Morgan fingerprint density at radius 1 is 1.00 bits per heavy atom. The number of hydrogen-bond donors (Lipinski definition) is 1. The summed E-state index contributed by atoms with van der Waals surface area (Å²) in [6, 6.07) is 12.4. The number of carboxylic acid groups (broad SMARTS) is 2. The second kappa shape index (κ2) is 10.9. The van der Waals surface area contributed by atoms with Crippen molar-refractivity contribution in [3.8, 4) is 0 Å². The van der Waals surface area contributed by atoms with Gasteiger partial charge in [-0.25, -0.2) is 9.36 Å². The minimum Gasteiger partial charge on any atom is -0.542 e. The summed E-state index contributed by atoms with van der Waals surface area (Å²) < 4.78 is 65.4. The summed E-state index contributed by atoms with van der Waals surface area (Å²) in [6.45, 7) is 3.93. The molecule has 0 saturated carbocycles. The van der Waals surface area contributed by atoms with E-state index in [0.29, 0.717) is 0 Å². The van der Waals surface area contributed by atoms with E-state index in [1.54, 1.807) is 0 Å². The Labute approximate surface area is 169 Å². The summed E-state index contributed by atoms with van der Waals surface area (Å²) >= 11 is 0. The molecule has 27 heavy (non-hydrogen) atoms. The van der Waals surface area contributed by atoms with Gasteiger partial charge < -0.3 is 15.0 Å². The number of nitrogens with zero attached hydrogens (tertiary/aromatic N) is 1. The summed E-state index contributed by atoms with van der Waals surface area (Å²) in [4.78, 5) is 17.7. The van der Waals surface area contributed by atoms with Gasteiger partial charge in [-0.15, -0.1) is 12.1 Å². The van der Waals surface area contributed by atoms with Crippen LogP contribution in [0.2, 0.25) is 0 Å². The molecule has 0 unspecified atom stereocenters. The Morgan fingerprint density at radius 2 is 1.41 bits per heavy atom. The molecule has 0 aliphatic carbocycles. The number of fused-ring (bicyclic) bond motifs is 1. The van der Waals surface area contributed by atoms with E-state index in [1.165, 1.54) is 10.9 Å². The summed E-state index contributed by atoms with van der Waals surface area (Å²) in [6.07, 6.45) is -10.3. The van der Waals surface area contributed by atoms with Gasteiger partial charge in [0.25, 0.3) is 0 Å². The van der Waals surface area contributed by atoms with Crippen LogP contribution < -0.4 is 9.67 Å². The van der Waals surface area contributed by atoms with Gasteiger partial charge in [0, 0.05) is 44.4 Å². The summed E-state index contributed by atoms with van der Waals surface area (Å²) in [5, 5.41) is 17.2. The quantitative estimate of drug-likeness (QED) is 0.261. The van der Waals surface area contributed by atoms with E-state index in [0.717, 1.165) is 5.69 Å². The average molecular weight is 497 g/mol. The van der Waals surface area contributed by atoms with Gasteiger partial charge in [-0.05, 0) is 6.07 Å². The van der Waals surface area contributed by atoms with Gasteiger partial charge in [0.15, 0.2) is 0 Å². The van der Waals surface area contributed by atoms with Gasteiger partial charge in [-0.2, -0.15) is 33.3 Å². The predicted octanol–water partition coefficient (Wildman–Crippen LogP) is 1.78. The fourth-order valence-corrected chi connectivity index (χ4v) is 1.39. The van der Waals surface area contributed by atoms with Gasteiger partial charge >= 0.3 is 18.3 Å². The molecule has 1 aromatic heterocycles. The molecule has 12 heteroatoms. The van der Waals surface area contributed by atoms with E-state index in [1.807, 2.05) is 25.2 Å². The zero-order valence-electron chi connectivity index (χ0n) is 13.8. The minimum atomic E-state index is -5.19. The van der Waals surface area contributed by atoms with Crippen molar-refractivity contribution < 1.29 is 78.0 Å². The number of para-hydroxylation sites is 1. The van der Waals surface area contributed by atoms with Crippen LogP contribution in [0.1, 0.15) is 5.69 Å². The van der Waals surface area contributed by atoms with E-state index < -0.39 is 24.3 Å². The maximum Gasteiger partial charge on any atom is 0.490 e. The number of carboxylic acids is 2. The molecule has 1 N–H and O–H groups in total. The van der Waals surface area contributed by atoms with Crippen LogP contribution in [0.4, 0.5) is 26.3 Å². The van der Waals surface area contributed by atoms with Crippen molar-refractivity contribution in [2.75, 3.05) is 0 Å². The first kappa shape index (κ1) is 27.2. The van der Waals surface area contributed by atoms with Crippen LogP contribution in [-0.4, -0.2) is 29.4 Å². The van der Waals surface area contributed by atoms with Gasteiger partial charge in [0.1, 0.15) is 13.0 Å². The average Bonchev–Trinajstić information content (AvgIpc) is 2.50. The number of aromatic nitrogens is 1. The molecule has 0 saturated heterocycles. The smallest absolute Gasteiger partial charge is 0.490 e. The number of alkyl halides is 6. The fourth-order valence-electron chi connectivity index (χ4n) is 1.39. The Balaban J connectivity index is 0. The third-order valence-electron chi connectivity index (χ3n) is 2.66. The van der Waals surface area contributed by atoms with Crippen molar-refractivity contribution in [2.24, 2.45) is 7.05 Å². The van der Waals surface area contributed by atoms with Crippen LogP contribution in [0, 0.1) is 6.92 Å². The molecule has 0 aliphatic heterocycles. The molecule has 146 valence electrons. The summed E-state index contributed by atoms with van der Waals surface area (Å²) in [7, 11) is 2.03. The number of benzene rings is 1. The van der Waals surface area contributed by atoms with Crippen molar-refractivity contribution in [3.63, 3.8) is 0 Å². The largest absolute Gasteiger partial charge is 0.542 e. The van der Waals surface area contributed by atoms with E-state index in [2.05, 4.69) is 29.7 Å². The molecule has 0 aliphatic rings. The molecule has 1 aromatic carbocycles. The number of aryl methyl sites for hydroxylation is 1. The van der Waals surface area contributed by atoms with E-state index in [9.17, 15) is 26.3 Å². The maximum absolute atomic E-state index is 10.6. The second-order valence-electron chi connectivity index (χ2n) is 4.53. The van der Waals surface area contributed by atoms with Crippen LogP contribution in [0.15, 0.2) is 36.4 Å². The monoisotopic (exact) mass is 498 g/mol. The number of pyridine rings is 1. The molecule has 0 atom stereocenters. The Bertz CT molecular complexity index is 753. The van der Waals surface area contributed by atoms with Crippen molar-refractivity contribution >= 4 is 22.8 Å². The molecule has 5 nitrogen and oxygen atoms in total. The molecule has 0 amide bonds. The van der Waals surface area contributed by atoms with Gasteiger partial charge in [-0.3, -0.25) is 0 Å². The fraction of sp³-hybridized carbons (Fsp3) is 0.200. The molecular formula is C15H12CdF6NO4-. The molecule has 0 spiro atoms. The standard InChI is InChI=1S/C11H11N.2C2HF3O2.Cd/c1-9-7-8-10-5-3-4-6-11(10)12(9)2;2*3-2(4,5)1(6)7;/h3-8H,1H2,2H3;2*(H,6,7);/p-1. The first-order chi connectivity index (χ1) is 11.7. The number of rotatable bonds is 0. The van der Waals surface area contributed by atoms with Crippen LogP contribution in [-0.2, 0) is 43.9 Å². The Kier molecular flexibility index (Phi) is 11.0. The SMILES string of the molecule is O=C(O)C(F)(F)F.O=C([O-])C(F)(F)F.[CH2-]c1ccc2ccccc2[n+]1C.[Cd]. The number of carbonyl (C=O) groups excluding carboxylic acids is 1. The first-order valence-corrected chi connectivity index (χ1v) is 6.46. The predicted molar refractivity (Wildman–Crippen MR) is 74.3 cm³/mol. The molecule has 2 rings (SSSR count). The number of halogens is 6. The molecule has 0 fully saturated rings. The zero-order valence-corrected chi connectivity index (χ0v) is 17.8.